The average Bonchev–Trinajstić information content (AvgIpc) is 2.55. The summed E-state index contributed by atoms with van der Waals surface area (Å²) in [6.45, 7) is 6.09. The highest BCUT2D eigenvalue weighted by Crippen LogP contribution is 2.14. The molecule has 0 saturated carbocycles. The summed E-state index contributed by atoms with van der Waals surface area (Å²) >= 11 is 5.88. The minimum Gasteiger partial charge on any atom is -0.325 e. The minimum absolute atomic E-state index is 0.000296. The van der Waals surface area contributed by atoms with Crippen molar-refractivity contribution < 1.29 is 4.79 Å². The molecule has 1 aromatic rings. The molecule has 4 heteroatoms. The van der Waals surface area contributed by atoms with Crippen molar-refractivity contribution in [2.24, 2.45) is 0 Å². The Morgan fingerprint density at radius 3 is 1.91 bits per heavy atom. The van der Waals surface area contributed by atoms with Crippen molar-refractivity contribution in [1.82, 2.24) is 4.90 Å². The van der Waals surface area contributed by atoms with Gasteiger partial charge in [-0.05, 0) is 37.1 Å². The highest BCUT2D eigenvalue weighted by Gasteiger charge is 2.13. The number of benzene rings is 1. The molecule has 0 aliphatic heterocycles. The second kappa shape index (κ2) is 12.2. The van der Waals surface area contributed by atoms with E-state index >= 15 is 0 Å². The Morgan fingerprint density at radius 2 is 1.43 bits per heavy atom. The summed E-state index contributed by atoms with van der Waals surface area (Å²) in [7, 11) is 0. The SMILES string of the molecule is CCCCCCN(CCCCCC)C(=O)Nc1ccc(Cl)cc1. The Morgan fingerprint density at radius 1 is 0.913 bits per heavy atom. The number of hydrogen-bond acceptors (Lipinski definition) is 1. The van der Waals surface area contributed by atoms with Gasteiger partial charge < -0.3 is 10.2 Å². The van der Waals surface area contributed by atoms with E-state index in [0.717, 1.165) is 31.6 Å². The highest BCUT2D eigenvalue weighted by molar-refractivity contribution is 6.30. The maximum absolute atomic E-state index is 12.5. The number of halogens is 1. The molecule has 0 aliphatic carbocycles. The van der Waals surface area contributed by atoms with Gasteiger partial charge in [-0.2, -0.15) is 0 Å². The van der Waals surface area contributed by atoms with E-state index in [2.05, 4.69) is 19.2 Å². The number of rotatable bonds is 11. The summed E-state index contributed by atoms with van der Waals surface area (Å²) in [5.41, 5.74) is 0.798. The zero-order valence-corrected chi connectivity index (χ0v) is 15.4. The molecule has 2 amide bonds. The van der Waals surface area contributed by atoms with Crippen LogP contribution in [0.3, 0.4) is 0 Å². The van der Waals surface area contributed by atoms with E-state index in [1.165, 1.54) is 38.5 Å². The first-order chi connectivity index (χ1) is 11.2. The fourth-order valence-corrected chi connectivity index (χ4v) is 2.64. The molecule has 0 spiro atoms. The van der Waals surface area contributed by atoms with E-state index in [-0.39, 0.29) is 6.03 Å². The minimum atomic E-state index is 0.000296. The molecule has 0 bridgehead atoms. The maximum atomic E-state index is 12.5. The second-order valence-electron chi connectivity index (χ2n) is 6.05. The summed E-state index contributed by atoms with van der Waals surface area (Å²) in [5.74, 6) is 0. The van der Waals surface area contributed by atoms with Crippen LogP contribution in [0.25, 0.3) is 0 Å². The van der Waals surface area contributed by atoms with Crippen molar-refractivity contribution in [3.8, 4) is 0 Å². The Bertz CT molecular complexity index is 422. The largest absolute Gasteiger partial charge is 0.325 e. The molecule has 1 rings (SSSR count). The summed E-state index contributed by atoms with van der Waals surface area (Å²) in [4.78, 5) is 14.5. The smallest absolute Gasteiger partial charge is 0.321 e. The molecule has 1 N–H and O–H groups in total. The number of urea groups is 1. The Balaban J connectivity index is 2.49. The van der Waals surface area contributed by atoms with Crippen molar-refractivity contribution in [3.63, 3.8) is 0 Å². The zero-order chi connectivity index (χ0) is 16.9. The molecule has 1 aromatic carbocycles. The number of anilines is 1. The molecule has 0 aromatic heterocycles. The molecule has 0 radical (unpaired) electrons. The van der Waals surface area contributed by atoms with Crippen LogP contribution in [0.15, 0.2) is 24.3 Å². The van der Waals surface area contributed by atoms with Crippen LogP contribution in [0.4, 0.5) is 10.5 Å². The van der Waals surface area contributed by atoms with Crippen LogP contribution in [-0.2, 0) is 0 Å². The first-order valence-corrected chi connectivity index (χ1v) is 9.36. The topological polar surface area (TPSA) is 32.3 Å². The Kier molecular flexibility index (Phi) is 10.5. The third-order valence-electron chi connectivity index (χ3n) is 3.95. The molecule has 0 fully saturated rings. The monoisotopic (exact) mass is 338 g/mol. The number of unbranched alkanes of at least 4 members (excludes halogenated alkanes) is 6. The molecular weight excluding hydrogens is 308 g/mol. The molecule has 0 atom stereocenters. The lowest BCUT2D eigenvalue weighted by molar-refractivity contribution is 0.209. The fourth-order valence-electron chi connectivity index (χ4n) is 2.51. The number of amides is 2. The molecule has 0 aliphatic rings. The van der Waals surface area contributed by atoms with Gasteiger partial charge >= 0.3 is 6.03 Å². The van der Waals surface area contributed by atoms with Gasteiger partial charge in [-0.3, -0.25) is 0 Å². The van der Waals surface area contributed by atoms with Gasteiger partial charge in [-0.15, -0.1) is 0 Å². The van der Waals surface area contributed by atoms with Crippen molar-refractivity contribution in [2.75, 3.05) is 18.4 Å². The Hall–Kier alpha value is -1.22. The van der Waals surface area contributed by atoms with E-state index in [1.807, 2.05) is 17.0 Å². The lowest BCUT2D eigenvalue weighted by atomic mass is 10.2. The molecule has 130 valence electrons. The number of carbonyl (C=O) groups is 1. The van der Waals surface area contributed by atoms with Gasteiger partial charge in [0, 0.05) is 23.8 Å². The molecule has 0 unspecified atom stereocenters. The molecule has 0 saturated heterocycles. The number of carbonyl (C=O) groups excluding carboxylic acids is 1. The normalized spacial score (nSPS) is 10.6. The predicted octanol–water partition coefficient (Wildman–Crippen LogP) is 6.33. The number of nitrogens with zero attached hydrogens (tertiary/aromatic N) is 1. The lowest BCUT2D eigenvalue weighted by Gasteiger charge is -2.23. The summed E-state index contributed by atoms with van der Waals surface area (Å²) in [6.07, 6.45) is 9.45. The molecule has 23 heavy (non-hydrogen) atoms. The van der Waals surface area contributed by atoms with Gasteiger partial charge in [-0.25, -0.2) is 4.79 Å². The maximum Gasteiger partial charge on any atom is 0.321 e. The fraction of sp³-hybridized carbons (Fsp3) is 0.632. The van der Waals surface area contributed by atoms with Crippen molar-refractivity contribution in [2.45, 2.75) is 65.2 Å². The van der Waals surface area contributed by atoms with E-state index in [1.54, 1.807) is 12.1 Å². The van der Waals surface area contributed by atoms with E-state index in [0.29, 0.717) is 5.02 Å². The van der Waals surface area contributed by atoms with E-state index in [4.69, 9.17) is 11.6 Å². The second-order valence-corrected chi connectivity index (χ2v) is 6.48. The van der Waals surface area contributed by atoms with Crippen LogP contribution >= 0.6 is 11.6 Å². The zero-order valence-electron chi connectivity index (χ0n) is 14.6. The van der Waals surface area contributed by atoms with Crippen LogP contribution in [0.1, 0.15) is 65.2 Å². The van der Waals surface area contributed by atoms with Gasteiger partial charge in [0.05, 0.1) is 0 Å². The van der Waals surface area contributed by atoms with E-state index in [9.17, 15) is 4.79 Å². The van der Waals surface area contributed by atoms with Crippen LogP contribution in [0.5, 0.6) is 0 Å². The van der Waals surface area contributed by atoms with Gasteiger partial charge in [0.1, 0.15) is 0 Å². The third kappa shape index (κ3) is 8.85. The van der Waals surface area contributed by atoms with Crippen molar-refractivity contribution >= 4 is 23.3 Å². The van der Waals surface area contributed by atoms with Crippen molar-refractivity contribution in [1.29, 1.82) is 0 Å². The van der Waals surface area contributed by atoms with Gasteiger partial charge in [0.15, 0.2) is 0 Å². The summed E-state index contributed by atoms with van der Waals surface area (Å²) in [5, 5.41) is 3.66. The van der Waals surface area contributed by atoms with E-state index < -0.39 is 0 Å². The first kappa shape index (κ1) is 19.8. The standard InChI is InChI=1S/C19H31ClN2O/c1-3-5-7-9-15-22(16-10-8-6-4-2)19(23)21-18-13-11-17(20)12-14-18/h11-14H,3-10,15-16H2,1-2H3,(H,21,23). The first-order valence-electron chi connectivity index (χ1n) is 8.98. The molecule has 0 heterocycles. The van der Waals surface area contributed by atoms with Gasteiger partial charge in [-0.1, -0.05) is 64.0 Å². The van der Waals surface area contributed by atoms with Gasteiger partial charge in [0.2, 0.25) is 0 Å². The average molecular weight is 339 g/mol. The summed E-state index contributed by atoms with van der Waals surface area (Å²) in [6, 6.07) is 7.27. The van der Waals surface area contributed by atoms with Crippen molar-refractivity contribution in [3.05, 3.63) is 29.3 Å². The third-order valence-corrected chi connectivity index (χ3v) is 4.20. The quantitative estimate of drug-likeness (QED) is 0.469. The summed E-state index contributed by atoms with van der Waals surface area (Å²) < 4.78 is 0. The highest BCUT2D eigenvalue weighted by atomic mass is 35.5. The number of hydrogen-bond donors (Lipinski definition) is 1. The number of nitrogens with one attached hydrogen (secondary N) is 1. The van der Waals surface area contributed by atoms with Gasteiger partial charge in [0.25, 0.3) is 0 Å². The lowest BCUT2D eigenvalue weighted by Crippen LogP contribution is -2.36. The van der Waals surface area contributed by atoms with Crippen LogP contribution in [0, 0.1) is 0 Å². The molecular formula is C19H31ClN2O. The van der Waals surface area contributed by atoms with Crippen LogP contribution in [-0.4, -0.2) is 24.0 Å². The van der Waals surface area contributed by atoms with Crippen LogP contribution < -0.4 is 5.32 Å². The Labute approximate surface area is 146 Å². The van der Waals surface area contributed by atoms with Crippen LogP contribution in [0.2, 0.25) is 5.02 Å². The molecule has 3 nitrogen and oxygen atoms in total. The predicted molar refractivity (Wildman–Crippen MR) is 100 cm³/mol.